The predicted molar refractivity (Wildman–Crippen MR) is 106 cm³/mol. The summed E-state index contributed by atoms with van der Waals surface area (Å²) in [4.78, 5) is 22.2. The molecule has 4 heterocycles. The van der Waals surface area contributed by atoms with Gasteiger partial charge in [0.2, 0.25) is 5.95 Å². The summed E-state index contributed by atoms with van der Waals surface area (Å²) in [5.41, 5.74) is 1.64. The molecule has 1 aliphatic rings. The highest BCUT2D eigenvalue weighted by atomic mass is 16.5. The Bertz CT molecular complexity index is 1180. The maximum Gasteiger partial charge on any atom is 0.267 e. The first-order valence-corrected chi connectivity index (χ1v) is 9.18. The molecule has 142 valence electrons. The molecule has 1 aromatic carbocycles. The molecular formula is C19H19N7O2. The number of anilines is 1. The number of benzene rings is 1. The van der Waals surface area contributed by atoms with E-state index in [9.17, 15) is 4.79 Å². The Morgan fingerprint density at radius 2 is 2.14 bits per heavy atom. The number of pyridine rings is 1. The highest BCUT2D eigenvalue weighted by Crippen LogP contribution is 2.22. The number of hydrogen-bond donors (Lipinski definition) is 3. The van der Waals surface area contributed by atoms with Gasteiger partial charge in [0, 0.05) is 32.0 Å². The van der Waals surface area contributed by atoms with Crippen LogP contribution in [-0.2, 0) is 4.74 Å². The van der Waals surface area contributed by atoms with Crippen molar-refractivity contribution >= 4 is 27.9 Å². The van der Waals surface area contributed by atoms with Gasteiger partial charge in [-0.15, -0.1) is 0 Å². The lowest BCUT2D eigenvalue weighted by molar-refractivity contribution is 0.0371. The van der Waals surface area contributed by atoms with Crippen LogP contribution in [0.3, 0.4) is 0 Å². The first-order valence-electron chi connectivity index (χ1n) is 9.18. The van der Waals surface area contributed by atoms with Crippen molar-refractivity contribution in [2.45, 2.75) is 6.10 Å². The number of rotatable bonds is 4. The second-order valence-electron chi connectivity index (χ2n) is 6.63. The fraction of sp³-hybridized carbons (Fsp3) is 0.263. The fourth-order valence-corrected chi connectivity index (χ4v) is 3.44. The Labute approximate surface area is 159 Å². The van der Waals surface area contributed by atoms with E-state index in [0.29, 0.717) is 41.0 Å². The standard InChI is InChI=1S/C19H19N7O2/c27-18-15-11-23-25-16(15)14-10-22-19(21-9-13-8-20-6-7-28-13)24-17(14)26(18)12-4-2-1-3-5-12/h1-5,10-11,13,20H,6-9H2,(H,23,25)(H,21,22,24). The second kappa shape index (κ2) is 7.02. The summed E-state index contributed by atoms with van der Waals surface area (Å²) in [6.07, 6.45) is 3.36. The van der Waals surface area contributed by atoms with Gasteiger partial charge in [0.05, 0.1) is 29.2 Å². The van der Waals surface area contributed by atoms with Crippen LogP contribution >= 0.6 is 0 Å². The molecule has 0 spiro atoms. The zero-order valence-corrected chi connectivity index (χ0v) is 15.1. The minimum atomic E-state index is -0.174. The molecular weight excluding hydrogens is 358 g/mol. The highest BCUT2D eigenvalue weighted by molar-refractivity contribution is 6.02. The van der Waals surface area contributed by atoms with E-state index in [1.165, 1.54) is 0 Å². The van der Waals surface area contributed by atoms with Crippen molar-refractivity contribution in [3.8, 4) is 5.69 Å². The third-order valence-electron chi connectivity index (χ3n) is 4.82. The molecule has 9 heteroatoms. The van der Waals surface area contributed by atoms with Crippen LogP contribution < -0.4 is 16.2 Å². The molecule has 0 amide bonds. The van der Waals surface area contributed by atoms with Gasteiger partial charge < -0.3 is 15.4 Å². The van der Waals surface area contributed by atoms with Crippen LogP contribution in [-0.4, -0.2) is 57.1 Å². The van der Waals surface area contributed by atoms with Crippen molar-refractivity contribution in [2.24, 2.45) is 0 Å². The summed E-state index contributed by atoms with van der Waals surface area (Å²) < 4.78 is 7.29. The molecule has 0 aliphatic carbocycles. The molecule has 1 unspecified atom stereocenters. The second-order valence-corrected chi connectivity index (χ2v) is 6.63. The molecule has 1 atom stereocenters. The number of nitrogens with one attached hydrogen (secondary N) is 3. The summed E-state index contributed by atoms with van der Waals surface area (Å²) >= 11 is 0. The number of aromatic nitrogens is 5. The number of H-pyrrole nitrogens is 1. The summed E-state index contributed by atoms with van der Waals surface area (Å²) in [5.74, 6) is 0.445. The van der Waals surface area contributed by atoms with Crippen molar-refractivity contribution in [3.05, 3.63) is 53.1 Å². The topological polar surface area (TPSA) is 110 Å². The average Bonchev–Trinajstić information content (AvgIpc) is 3.24. The molecule has 9 nitrogen and oxygen atoms in total. The Morgan fingerprint density at radius 1 is 1.25 bits per heavy atom. The monoisotopic (exact) mass is 377 g/mol. The van der Waals surface area contributed by atoms with Gasteiger partial charge in [0.15, 0.2) is 5.65 Å². The van der Waals surface area contributed by atoms with Crippen LogP contribution in [0.15, 0.2) is 47.5 Å². The van der Waals surface area contributed by atoms with Gasteiger partial charge in [-0.3, -0.25) is 14.5 Å². The number of ether oxygens (including phenoxy) is 1. The van der Waals surface area contributed by atoms with E-state index in [1.54, 1.807) is 17.0 Å². The van der Waals surface area contributed by atoms with Crippen molar-refractivity contribution in [2.75, 3.05) is 31.6 Å². The van der Waals surface area contributed by atoms with Crippen molar-refractivity contribution in [1.82, 2.24) is 30.0 Å². The van der Waals surface area contributed by atoms with Gasteiger partial charge in [0.25, 0.3) is 5.56 Å². The molecule has 28 heavy (non-hydrogen) atoms. The molecule has 3 N–H and O–H groups in total. The van der Waals surface area contributed by atoms with Crippen LogP contribution in [0.4, 0.5) is 5.95 Å². The summed E-state index contributed by atoms with van der Waals surface area (Å²) in [5, 5.41) is 14.7. The van der Waals surface area contributed by atoms with E-state index in [4.69, 9.17) is 4.74 Å². The number of nitrogens with zero attached hydrogens (tertiary/aromatic N) is 4. The zero-order valence-electron chi connectivity index (χ0n) is 15.1. The normalized spacial score (nSPS) is 17.2. The lowest BCUT2D eigenvalue weighted by atomic mass is 10.2. The maximum atomic E-state index is 13.1. The largest absolute Gasteiger partial charge is 0.374 e. The van der Waals surface area contributed by atoms with Gasteiger partial charge in [-0.1, -0.05) is 18.2 Å². The SMILES string of the molecule is O=c1c2c[nH]nc2c2cnc(NCC3CNCCO3)nc2n1-c1ccccc1. The van der Waals surface area contributed by atoms with E-state index in [-0.39, 0.29) is 11.7 Å². The highest BCUT2D eigenvalue weighted by Gasteiger charge is 2.17. The molecule has 1 saturated heterocycles. The predicted octanol–water partition coefficient (Wildman–Crippen LogP) is 1.06. The molecule has 0 saturated carbocycles. The lowest BCUT2D eigenvalue weighted by Crippen LogP contribution is -2.42. The van der Waals surface area contributed by atoms with Crippen molar-refractivity contribution in [3.63, 3.8) is 0 Å². The van der Waals surface area contributed by atoms with Crippen LogP contribution in [0.1, 0.15) is 0 Å². The molecule has 1 fully saturated rings. The number of aromatic amines is 1. The first-order chi connectivity index (χ1) is 13.8. The van der Waals surface area contributed by atoms with Crippen molar-refractivity contribution in [1.29, 1.82) is 0 Å². The fourth-order valence-electron chi connectivity index (χ4n) is 3.44. The number of morpholine rings is 1. The van der Waals surface area contributed by atoms with Crippen molar-refractivity contribution < 1.29 is 4.74 Å². The average molecular weight is 377 g/mol. The number of hydrogen-bond acceptors (Lipinski definition) is 7. The minimum absolute atomic E-state index is 0.0539. The molecule has 0 radical (unpaired) electrons. The molecule has 3 aromatic heterocycles. The molecule has 1 aliphatic heterocycles. The smallest absolute Gasteiger partial charge is 0.267 e. The minimum Gasteiger partial charge on any atom is -0.374 e. The van der Waals surface area contributed by atoms with Crippen LogP contribution in [0.25, 0.3) is 27.6 Å². The number of fused-ring (bicyclic) bond motifs is 3. The molecule has 0 bridgehead atoms. The van der Waals surface area contributed by atoms with E-state index in [2.05, 4.69) is 30.8 Å². The zero-order chi connectivity index (χ0) is 18.9. The van der Waals surface area contributed by atoms with E-state index in [1.807, 2.05) is 30.3 Å². The Kier molecular flexibility index (Phi) is 4.22. The van der Waals surface area contributed by atoms with Crippen LogP contribution in [0.2, 0.25) is 0 Å². The van der Waals surface area contributed by atoms with Gasteiger partial charge in [-0.25, -0.2) is 4.98 Å². The van der Waals surface area contributed by atoms with Gasteiger partial charge >= 0.3 is 0 Å². The van der Waals surface area contributed by atoms with Crippen LogP contribution in [0.5, 0.6) is 0 Å². The maximum absolute atomic E-state index is 13.1. The Morgan fingerprint density at radius 3 is 2.96 bits per heavy atom. The van der Waals surface area contributed by atoms with Gasteiger partial charge in [-0.2, -0.15) is 10.1 Å². The Balaban J connectivity index is 1.62. The van der Waals surface area contributed by atoms with E-state index >= 15 is 0 Å². The molecule has 5 rings (SSSR count). The number of para-hydroxylation sites is 1. The lowest BCUT2D eigenvalue weighted by Gasteiger charge is -2.23. The van der Waals surface area contributed by atoms with Gasteiger partial charge in [-0.05, 0) is 12.1 Å². The Hall–Kier alpha value is -3.30. The molecule has 4 aromatic rings. The quantitative estimate of drug-likeness (QED) is 0.488. The van der Waals surface area contributed by atoms with Gasteiger partial charge in [0.1, 0.15) is 5.52 Å². The third kappa shape index (κ3) is 2.90. The van der Waals surface area contributed by atoms with Crippen LogP contribution in [0, 0.1) is 0 Å². The summed E-state index contributed by atoms with van der Waals surface area (Å²) in [6, 6.07) is 9.45. The van der Waals surface area contributed by atoms with E-state index in [0.717, 1.165) is 18.8 Å². The summed E-state index contributed by atoms with van der Waals surface area (Å²) in [7, 11) is 0. The first kappa shape index (κ1) is 16.8. The van der Waals surface area contributed by atoms with E-state index < -0.39 is 0 Å². The summed E-state index contributed by atoms with van der Waals surface area (Å²) in [6.45, 7) is 2.92. The third-order valence-corrected chi connectivity index (χ3v) is 4.82.